The Bertz CT molecular complexity index is 698. The molecule has 5 nitrogen and oxygen atoms in total. The zero-order chi connectivity index (χ0) is 20.2. The van der Waals surface area contributed by atoms with Crippen LogP contribution in [-0.2, 0) is 20.0 Å². The van der Waals surface area contributed by atoms with E-state index in [4.69, 9.17) is 0 Å². The van der Waals surface area contributed by atoms with Crippen molar-refractivity contribution in [2.75, 3.05) is 0 Å². The van der Waals surface area contributed by atoms with Crippen molar-refractivity contribution in [3.05, 3.63) is 0 Å². The Labute approximate surface area is 143 Å². The van der Waals surface area contributed by atoms with E-state index in [1.807, 2.05) is 0 Å². The van der Waals surface area contributed by atoms with Gasteiger partial charge in [-0.2, -0.15) is 52.7 Å². The van der Waals surface area contributed by atoms with Gasteiger partial charge in [0, 0.05) is 0 Å². The summed E-state index contributed by atoms with van der Waals surface area (Å²) in [5.74, 6) is -15.6. The quantitative estimate of drug-likeness (QED) is 0.454. The summed E-state index contributed by atoms with van der Waals surface area (Å²) in [6.07, 6.45) is -7.46. The van der Waals surface area contributed by atoms with Crippen molar-refractivity contribution in [1.82, 2.24) is 4.13 Å². The minimum Gasteiger partial charge on any atom is -1.00 e. The van der Waals surface area contributed by atoms with Gasteiger partial charge in [-0.05, 0) is 0 Å². The van der Waals surface area contributed by atoms with Crippen molar-refractivity contribution in [1.29, 1.82) is 0 Å². The average Bonchev–Trinajstić information content (AvgIpc) is 2.23. The normalized spacial score (nSPS) is 15.7. The van der Waals surface area contributed by atoms with Crippen LogP contribution in [0.3, 0.4) is 0 Å². The SMILES string of the molecule is O=S(=O)(NS(=O)(=O)C(F)(F)C(F)(F)C(F)(F)C(F)(F)F)C(F)(F)F.[H-].[Li+]. The first-order valence-corrected chi connectivity index (χ1v) is 7.47. The third-order valence-electron chi connectivity index (χ3n) is 1.98. The molecule has 0 saturated carbocycles. The van der Waals surface area contributed by atoms with E-state index in [1.54, 1.807) is 0 Å². The van der Waals surface area contributed by atoms with E-state index < -0.39 is 53.0 Å². The van der Waals surface area contributed by atoms with Crippen molar-refractivity contribution in [2.24, 2.45) is 0 Å². The Kier molecular flexibility index (Phi) is 7.14. The third-order valence-corrected chi connectivity index (χ3v) is 5.27. The van der Waals surface area contributed by atoms with Crippen molar-refractivity contribution in [3.63, 3.8) is 0 Å². The summed E-state index contributed by atoms with van der Waals surface area (Å²) < 4.78 is 187. The zero-order valence-electron chi connectivity index (χ0n) is 12.0. The van der Waals surface area contributed by atoms with Crippen LogP contribution in [-0.4, -0.2) is 45.6 Å². The van der Waals surface area contributed by atoms with Crippen molar-refractivity contribution >= 4 is 20.0 Å². The minimum absolute atomic E-state index is 0. The summed E-state index contributed by atoms with van der Waals surface area (Å²) >= 11 is 0. The van der Waals surface area contributed by atoms with E-state index in [0.717, 1.165) is 0 Å². The van der Waals surface area contributed by atoms with E-state index in [9.17, 15) is 69.5 Å². The molecule has 0 aromatic heterocycles. The molecule has 0 spiro atoms. The Morgan fingerprint density at radius 1 is 0.600 bits per heavy atom. The van der Waals surface area contributed by atoms with Crippen LogP contribution in [0.15, 0.2) is 0 Å². The predicted molar refractivity (Wildman–Crippen MR) is 49.0 cm³/mol. The van der Waals surface area contributed by atoms with Crippen LogP contribution in [0.5, 0.6) is 0 Å². The second-order valence-corrected chi connectivity index (χ2v) is 7.36. The summed E-state index contributed by atoms with van der Waals surface area (Å²) in [5.41, 5.74) is -6.70. The van der Waals surface area contributed by atoms with E-state index >= 15 is 0 Å². The number of hydrogen-bond donors (Lipinski definition) is 1. The number of halogens is 12. The molecule has 0 aromatic rings. The Morgan fingerprint density at radius 2 is 0.920 bits per heavy atom. The molecule has 0 aromatic carbocycles. The summed E-state index contributed by atoms with van der Waals surface area (Å²) in [6.45, 7) is 0. The molecule has 25 heavy (non-hydrogen) atoms. The van der Waals surface area contributed by atoms with Crippen LogP contribution in [0.4, 0.5) is 52.7 Å². The van der Waals surface area contributed by atoms with Gasteiger partial charge in [-0.3, -0.25) is 0 Å². The maximum absolute atomic E-state index is 12.9. The number of alkyl halides is 12. The fraction of sp³-hybridized carbons (Fsp3) is 1.00. The van der Waals surface area contributed by atoms with Crippen LogP contribution >= 0.6 is 0 Å². The van der Waals surface area contributed by atoms with Crippen molar-refractivity contribution in [2.45, 2.75) is 28.8 Å². The molecule has 0 rings (SSSR count). The molecule has 0 amide bonds. The van der Waals surface area contributed by atoms with Gasteiger partial charge in [0.05, 0.1) is 0 Å². The summed E-state index contributed by atoms with van der Waals surface area (Å²) in [6, 6.07) is 0. The minimum atomic E-state index is -7.92. The molecule has 0 aliphatic carbocycles. The van der Waals surface area contributed by atoms with E-state index in [1.165, 1.54) is 0 Å². The molecule has 0 unspecified atom stereocenters. The van der Waals surface area contributed by atoms with Gasteiger partial charge < -0.3 is 1.43 Å². The molecule has 0 radical (unpaired) electrons. The van der Waals surface area contributed by atoms with Gasteiger partial charge in [0.15, 0.2) is 0 Å². The molecule has 148 valence electrons. The molecule has 0 heterocycles. The van der Waals surface area contributed by atoms with Gasteiger partial charge in [-0.25, -0.2) is 16.8 Å². The number of hydrogen-bond acceptors (Lipinski definition) is 4. The van der Waals surface area contributed by atoms with Gasteiger partial charge in [0.25, 0.3) is 10.0 Å². The van der Waals surface area contributed by atoms with Gasteiger partial charge in [-0.15, -0.1) is 0 Å². The monoisotopic (exact) mass is 439 g/mol. The van der Waals surface area contributed by atoms with Crippen LogP contribution in [0.1, 0.15) is 1.43 Å². The fourth-order valence-electron chi connectivity index (χ4n) is 0.774. The van der Waals surface area contributed by atoms with E-state index in [2.05, 4.69) is 0 Å². The topological polar surface area (TPSA) is 80.3 Å². The van der Waals surface area contributed by atoms with Crippen LogP contribution in [0, 0.1) is 0 Å². The van der Waals surface area contributed by atoms with Gasteiger partial charge in [0.1, 0.15) is 0 Å². The number of rotatable bonds is 5. The zero-order valence-corrected chi connectivity index (χ0v) is 12.6. The third kappa shape index (κ3) is 4.31. The molecule has 0 atom stereocenters. The predicted octanol–water partition coefficient (Wildman–Crippen LogP) is -0.702. The first-order chi connectivity index (χ1) is 9.96. The van der Waals surface area contributed by atoms with Crippen molar-refractivity contribution < 1.29 is 89.8 Å². The Morgan fingerprint density at radius 3 is 1.16 bits per heavy atom. The standard InChI is InChI=1S/C5HF12NO4S2.Li.H/c6-1(7,3(10,11)12)2(8,9)4(13,14)23(19,20)18-24(21,22)5(15,16)17;;/h18H;;/q;+1;-1. The van der Waals surface area contributed by atoms with E-state index in [-0.39, 0.29) is 20.3 Å². The van der Waals surface area contributed by atoms with Gasteiger partial charge in [-0.1, -0.05) is 4.13 Å². The first-order valence-electron chi connectivity index (χ1n) is 4.50. The molecule has 0 fully saturated rings. The molecule has 0 aliphatic rings. The summed E-state index contributed by atoms with van der Waals surface area (Å²) in [5, 5.41) is -7.61. The molecular weight excluding hydrogens is 437 g/mol. The second-order valence-electron chi connectivity index (χ2n) is 3.70. The largest absolute Gasteiger partial charge is 1.00 e. The maximum Gasteiger partial charge on any atom is 1.00 e. The molecule has 0 aliphatic heterocycles. The number of nitrogens with one attached hydrogen (secondary N) is 1. The van der Waals surface area contributed by atoms with Gasteiger partial charge in [0.2, 0.25) is 0 Å². The van der Waals surface area contributed by atoms with Crippen molar-refractivity contribution in [3.8, 4) is 0 Å². The Balaban J connectivity index is -0.00000264. The maximum atomic E-state index is 12.9. The summed E-state index contributed by atoms with van der Waals surface area (Å²) in [4.78, 5) is 0. The smallest absolute Gasteiger partial charge is 1.00 e. The number of sulfonamides is 2. The molecular formula is C5H2F12LiNO4S2. The molecule has 20 heteroatoms. The van der Waals surface area contributed by atoms with Gasteiger partial charge >= 0.3 is 57.7 Å². The molecule has 0 bridgehead atoms. The average molecular weight is 439 g/mol. The molecule has 1 N–H and O–H groups in total. The van der Waals surface area contributed by atoms with Crippen LogP contribution < -0.4 is 23.0 Å². The van der Waals surface area contributed by atoms with E-state index in [0.29, 0.717) is 0 Å². The first kappa shape index (κ1) is 26.8. The fourth-order valence-corrected chi connectivity index (χ4v) is 3.19. The second kappa shape index (κ2) is 6.65. The molecule has 0 saturated heterocycles. The summed E-state index contributed by atoms with van der Waals surface area (Å²) in [7, 11) is -15.3. The Hall–Kier alpha value is -0.383. The van der Waals surface area contributed by atoms with Crippen LogP contribution in [0.2, 0.25) is 0 Å². The van der Waals surface area contributed by atoms with Crippen LogP contribution in [0.25, 0.3) is 0 Å².